The molecule has 0 unspecified atom stereocenters. The number of nitrogens with zero attached hydrogens (tertiary/aromatic N) is 4. The van der Waals surface area contributed by atoms with Crippen LogP contribution in [0.4, 0.5) is 5.95 Å². The van der Waals surface area contributed by atoms with Crippen LogP contribution in [0.25, 0.3) is 11.2 Å². The Morgan fingerprint density at radius 3 is 3.00 bits per heavy atom. The molecule has 2 heterocycles. The van der Waals surface area contributed by atoms with Crippen molar-refractivity contribution in [3.05, 3.63) is 6.33 Å². The molecule has 0 saturated carbocycles. The Labute approximate surface area is 125 Å². The second kappa shape index (κ2) is 7.52. The molecule has 120 valence electrons. The van der Waals surface area contributed by atoms with Gasteiger partial charge in [-0.25, -0.2) is 9.78 Å². The SMILES string of the molecule is CCOC(=O)COc1nc(N)nc2c1ncn2COCCO. The second-order valence-electron chi connectivity index (χ2n) is 4.13. The van der Waals surface area contributed by atoms with Crippen LogP contribution in [0.2, 0.25) is 0 Å². The van der Waals surface area contributed by atoms with Crippen LogP contribution in [0.1, 0.15) is 6.92 Å². The van der Waals surface area contributed by atoms with E-state index in [1.807, 2.05) is 0 Å². The van der Waals surface area contributed by atoms with Crippen molar-refractivity contribution in [2.24, 2.45) is 0 Å². The lowest BCUT2D eigenvalue weighted by molar-refractivity contribution is -0.145. The van der Waals surface area contributed by atoms with E-state index in [2.05, 4.69) is 15.0 Å². The monoisotopic (exact) mass is 311 g/mol. The van der Waals surface area contributed by atoms with Crippen molar-refractivity contribution < 1.29 is 24.1 Å². The molecule has 22 heavy (non-hydrogen) atoms. The molecule has 3 N–H and O–H groups in total. The summed E-state index contributed by atoms with van der Waals surface area (Å²) < 4.78 is 16.8. The fourth-order valence-corrected chi connectivity index (χ4v) is 1.69. The molecule has 0 spiro atoms. The number of rotatable bonds is 8. The molecule has 0 aromatic carbocycles. The number of aliphatic hydroxyl groups is 1. The third kappa shape index (κ3) is 3.80. The highest BCUT2D eigenvalue weighted by molar-refractivity contribution is 5.78. The summed E-state index contributed by atoms with van der Waals surface area (Å²) in [5, 5.41) is 8.70. The third-order valence-corrected chi connectivity index (χ3v) is 2.55. The predicted octanol–water partition coefficient (Wildman–Crippen LogP) is -0.683. The van der Waals surface area contributed by atoms with Crippen LogP contribution in [-0.4, -0.2) is 57.0 Å². The fourth-order valence-electron chi connectivity index (χ4n) is 1.69. The Bertz CT molecular complexity index is 644. The molecule has 0 fully saturated rings. The first-order valence-electron chi connectivity index (χ1n) is 6.61. The van der Waals surface area contributed by atoms with E-state index in [-0.39, 0.29) is 45.0 Å². The number of nitrogens with two attached hydrogens (primary N) is 1. The number of carbonyl (C=O) groups is 1. The van der Waals surface area contributed by atoms with E-state index < -0.39 is 5.97 Å². The number of anilines is 1. The lowest BCUT2D eigenvalue weighted by Crippen LogP contribution is -2.16. The molecule has 0 aliphatic rings. The fraction of sp³-hybridized carbons (Fsp3) is 0.500. The maximum absolute atomic E-state index is 11.3. The summed E-state index contributed by atoms with van der Waals surface area (Å²) in [4.78, 5) is 23.4. The highest BCUT2D eigenvalue weighted by Crippen LogP contribution is 2.21. The zero-order valence-corrected chi connectivity index (χ0v) is 12.1. The number of hydrogen-bond donors (Lipinski definition) is 2. The van der Waals surface area contributed by atoms with Gasteiger partial charge in [0.15, 0.2) is 17.8 Å². The summed E-state index contributed by atoms with van der Waals surface area (Å²) >= 11 is 0. The van der Waals surface area contributed by atoms with E-state index in [0.717, 1.165) is 0 Å². The molecule has 0 atom stereocenters. The summed E-state index contributed by atoms with van der Waals surface area (Å²) in [6.07, 6.45) is 1.48. The van der Waals surface area contributed by atoms with Crippen molar-refractivity contribution in [3.63, 3.8) is 0 Å². The maximum atomic E-state index is 11.3. The zero-order valence-electron chi connectivity index (χ0n) is 12.1. The summed E-state index contributed by atoms with van der Waals surface area (Å²) in [5.74, 6) is -0.440. The molecule has 0 radical (unpaired) electrons. The van der Waals surface area contributed by atoms with Gasteiger partial charge < -0.3 is 25.1 Å². The van der Waals surface area contributed by atoms with E-state index in [4.69, 9.17) is 25.1 Å². The number of fused-ring (bicyclic) bond motifs is 1. The summed E-state index contributed by atoms with van der Waals surface area (Å²) in [6.45, 7) is 1.91. The van der Waals surface area contributed by atoms with E-state index in [9.17, 15) is 4.79 Å². The Morgan fingerprint density at radius 1 is 1.45 bits per heavy atom. The topological polar surface area (TPSA) is 135 Å². The van der Waals surface area contributed by atoms with Crippen molar-refractivity contribution in [2.45, 2.75) is 13.7 Å². The normalized spacial score (nSPS) is 10.8. The lowest BCUT2D eigenvalue weighted by atomic mass is 10.5. The molecule has 0 amide bonds. The Hall–Kier alpha value is -2.46. The predicted molar refractivity (Wildman–Crippen MR) is 74.9 cm³/mol. The van der Waals surface area contributed by atoms with E-state index >= 15 is 0 Å². The number of carbonyl (C=O) groups excluding carboxylic acids is 1. The molecule has 0 bridgehead atoms. The Kier molecular flexibility index (Phi) is 5.44. The second-order valence-corrected chi connectivity index (χ2v) is 4.13. The van der Waals surface area contributed by atoms with Crippen LogP contribution in [0.5, 0.6) is 5.88 Å². The van der Waals surface area contributed by atoms with Crippen LogP contribution < -0.4 is 10.5 Å². The molecule has 0 aliphatic heterocycles. The first kappa shape index (κ1) is 15.9. The van der Waals surface area contributed by atoms with Crippen molar-refractivity contribution in [3.8, 4) is 5.88 Å². The standard InChI is InChI=1S/C12H17N5O5/c1-2-21-8(19)5-22-11-9-10(15-12(13)16-11)17(6-14-9)7-20-4-3-18/h6,18H,2-5,7H2,1H3,(H2,13,15,16). The van der Waals surface area contributed by atoms with Crippen molar-refractivity contribution >= 4 is 23.1 Å². The average molecular weight is 311 g/mol. The molecule has 2 aromatic rings. The third-order valence-electron chi connectivity index (χ3n) is 2.55. The van der Waals surface area contributed by atoms with Gasteiger partial charge in [-0.1, -0.05) is 0 Å². The van der Waals surface area contributed by atoms with Crippen molar-refractivity contribution in [2.75, 3.05) is 32.2 Å². The number of nitrogen functional groups attached to an aromatic ring is 1. The largest absolute Gasteiger partial charge is 0.464 e. The minimum Gasteiger partial charge on any atom is -0.464 e. The van der Waals surface area contributed by atoms with Crippen LogP contribution in [0.15, 0.2) is 6.33 Å². The average Bonchev–Trinajstić information content (AvgIpc) is 2.88. The number of hydrogen-bond acceptors (Lipinski definition) is 9. The minimum atomic E-state index is -0.515. The molecular formula is C12H17N5O5. The van der Waals surface area contributed by atoms with Crippen LogP contribution in [-0.2, 0) is 21.0 Å². The summed E-state index contributed by atoms with van der Waals surface area (Å²) in [7, 11) is 0. The number of aliphatic hydroxyl groups excluding tert-OH is 1. The van der Waals surface area contributed by atoms with Gasteiger partial charge >= 0.3 is 5.97 Å². The van der Waals surface area contributed by atoms with Gasteiger partial charge in [-0.15, -0.1) is 0 Å². The molecule has 2 aromatic heterocycles. The first-order valence-corrected chi connectivity index (χ1v) is 6.61. The van der Waals surface area contributed by atoms with E-state index in [1.54, 1.807) is 11.5 Å². The molecule has 2 rings (SSSR count). The van der Waals surface area contributed by atoms with Crippen LogP contribution in [0.3, 0.4) is 0 Å². The Balaban J connectivity index is 2.18. The molecule has 0 saturated heterocycles. The van der Waals surface area contributed by atoms with Gasteiger partial charge in [0.2, 0.25) is 11.8 Å². The van der Waals surface area contributed by atoms with Crippen LogP contribution in [0, 0.1) is 0 Å². The van der Waals surface area contributed by atoms with Gasteiger partial charge in [-0.3, -0.25) is 4.57 Å². The van der Waals surface area contributed by atoms with E-state index in [0.29, 0.717) is 11.2 Å². The molecule has 10 nitrogen and oxygen atoms in total. The quantitative estimate of drug-likeness (QED) is 0.480. The van der Waals surface area contributed by atoms with Gasteiger partial charge in [0.1, 0.15) is 6.73 Å². The van der Waals surface area contributed by atoms with Crippen LogP contribution >= 0.6 is 0 Å². The van der Waals surface area contributed by atoms with Gasteiger partial charge in [-0.05, 0) is 6.92 Å². The van der Waals surface area contributed by atoms with Gasteiger partial charge in [0.25, 0.3) is 0 Å². The van der Waals surface area contributed by atoms with Crippen molar-refractivity contribution in [1.29, 1.82) is 0 Å². The number of imidazole rings is 1. The molecular weight excluding hydrogens is 294 g/mol. The number of aromatic nitrogens is 4. The van der Waals surface area contributed by atoms with Gasteiger partial charge in [-0.2, -0.15) is 9.97 Å². The van der Waals surface area contributed by atoms with E-state index in [1.165, 1.54) is 6.33 Å². The number of ether oxygens (including phenoxy) is 3. The lowest BCUT2D eigenvalue weighted by Gasteiger charge is -2.07. The smallest absolute Gasteiger partial charge is 0.344 e. The van der Waals surface area contributed by atoms with Gasteiger partial charge in [0.05, 0.1) is 26.1 Å². The molecule has 0 aliphatic carbocycles. The number of esters is 1. The highest BCUT2D eigenvalue weighted by atomic mass is 16.6. The minimum absolute atomic E-state index is 0.0183. The molecule has 10 heteroatoms. The maximum Gasteiger partial charge on any atom is 0.344 e. The Morgan fingerprint density at radius 2 is 2.27 bits per heavy atom. The first-order chi connectivity index (χ1) is 10.7. The van der Waals surface area contributed by atoms with Crippen molar-refractivity contribution in [1.82, 2.24) is 19.5 Å². The summed E-state index contributed by atoms with van der Waals surface area (Å²) in [5.41, 5.74) is 6.39. The summed E-state index contributed by atoms with van der Waals surface area (Å²) in [6, 6.07) is 0. The van der Waals surface area contributed by atoms with Gasteiger partial charge in [0, 0.05) is 0 Å². The highest BCUT2D eigenvalue weighted by Gasteiger charge is 2.15. The zero-order chi connectivity index (χ0) is 15.9.